The molecule has 2 aromatic rings. The van der Waals surface area contributed by atoms with Gasteiger partial charge >= 0.3 is 0 Å². The number of pyridine rings is 1. The van der Waals surface area contributed by atoms with Crippen molar-refractivity contribution in [3.05, 3.63) is 46.0 Å². The van der Waals surface area contributed by atoms with Gasteiger partial charge in [0.15, 0.2) is 0 Å². The minimum atomic E-state index is -0.00289. The zero-order chi connectivity index (χ0) is 14.1. The van der Waals surface area contributed by atoms with Crippen molar-refractivity contribution in [3.63, 3.8) is 0 Å². The number of aromatic nitrogens is 2. The van der Waals surface area contributed by atoms with E-state index in [-0.39, 0.29) is 18.0 Å². The van der Waals surface area contributed by atoms with E-state index < -0.39 is 0 Å². The number of fused-ring (bicyclic) bond motifs is 1. The molecule has 1 fully saturated rings. The Kier molecular flexibility index (Phi) is 4.98. The maximum atomic E-state index is 12.1. The third kappa shape index (κ3) is 3.61. The second kappa shape index (κ2) is 6.56. The Morgan fingerprint density at radius 2 is 2.24 bits per heavy atom. The maximum absolute atomic E-state index is 12.1. The van der Waals surface area contributed by atoms with Crippen LogP contribution in [0.4, 0.5) is 0 Å². The summed E-state index contributed by atoms with van der Waals surface area (Å²) in [7, 11) is 0. The van der Waals surface area contributed by atoms with Gasteiger partial charge < -0.3 is 5.32 Å². The molecular formula is C15H21ClN4O. The van der Waals surface area contributed by atoms with Crippen LogP contribution in [0.5, 0.6) is 0 Å². The van der Waals surface area contributed by atoms with Crippen LogP contribution < -0.4 is 10.9 Å². The summed E-state index contributed by atoms with van der Waals surface area (Å²) in [6.45, 7) is 7.88. The van der Waals surface area contributed by atoms with E-state index >= 15 is 0 Å². The first kappa shape index (κ1) is 15.9. The van der Waals surface area contributed by atoms with Crippen LogP contribution in [0, 0.1) is 6.92 Å². The molecule has 0 amide bonds. The monoisotopic (exact) mass is 308 g/mol. The lowest BCUT2D eigenvalue weighted by Gasteiger charge is -2.31. The third-order valence-electron chi connectivity index (χ3n) is 3.70. The molecule has 1 saturated heterocycles. The van der Waals surface area contributed by atoms with E-state index in [0.717, 1.165) is 43.1 Å². The second-order valence-corrected chi connectivity index (χ2v) is 5.61. The third-order valence-corrected chi connectivity index (χ3v) is 3.70. The van der Waals surface area contributed by atoms with Crippen molar-refractivity contribution in [2.24, 2.45) is 0 Å². The number of piperazine rings is 1. The molecule has 5 nitrogen and oxygen atoms in total. The highest BCUT2D eigenvalue weighted by molar-refractivity contribution is 5.85. The molecule has 0 spiro atoms. The van der Waals surface area contributed by atoms with Gasteiger partial charge in [-0.15, -0.1) is 12.4 Å². The molecule has 0 radical (unpaired) electrons. The standard InChI is InChI=1S/C15H20N4O.ClH/c1-11-3-4-14-17-13(7-15(20)19(14)8-11)10-18-6-5-16-12(2)9-18;/h3-4,7-8,12,16H,5-6,9-10H2,1-2H3;1H. The molecule has 1 atom stereocenters. The Labute approximate surface area is 130 Å². The minimum Gasteiger partial charge on any atom is -0.312 e. The first-order chi connectivity index (χ1) is 9.61. The van der Waals surface area contributed by atoms with E-state index in [1.54, 1.807) is 10.5 Å². The Hall–Kier alpha value is -1.43. The lowest BCUT2D eigenvalue weighted by atomic mass is 10.2. The van der Waals surface area contributed by atoms with Gasteiger partial charge in [0.05, 0.1) is 5.69 Å². The zero-order valence-electron chi connectivity index (χ0n) is 12.4. The largest absolute Gasteiger partial charge is 0.312 e. The van der Waals surface area contributed by atoms with Gasteiger partial charge in [0.25, 0.3) is 5.56 Å². The number of rotatable bonds is 2. The number of hydrogen-bond donors (Lipinski definition) is 1. The summed E-state index contributed by atoms with van der Waals surface area (Å²) in [6, 6.07) is 6.03. The van der Waals surface area contributed by atoms with Crippen LogP contribution in [0.2, 0.25) is 0 Å². The van der Waals surface area contributed by atoms with E-state index in [1.165, 1.54) is 0 Å². The number of hydrogen-bond acceptors (Lipinski definition) is 4. The predicted octanol–water partition coefficient (Wildman–Crippen LogP) is 1.22. The molecule has 2 aromatic heterocycles. The van der Waals surface area contributed by atoms with Gasteiger partial charge in [-0.3, -0.25) is 14.1 Å². The first-order valence-electron chi connectivity index (χ1n) is 7.06. The van der Waals surface area contributed by atoms with Crippen LogP contribution in [0.3, 0.4) is 0 Å². The molecule has 0 saturated carbocycles. The molecule has 0 bridgehead atoms. The van der Waals surface area contributed by atoms with Crippen LogP contribution in [0.25, 0.3) is 5.65 Å². The van der Waals surface area contributed by atoms with Crippen molar-refractivity contribution in [2.75, 3.05) is 19.6 Å². The molecule has 1 aliphatic rings. The Bertz CT molecular complexity index is 685. The molecule has 114 valence electrons. The molecule has 6 heteroatoms. The van der Waals surface area contributed by atoms with Crippen molar-refractivity contribution in [1.29, 1.82) is 0 Å². The summed E-state index contributed by atoms with van der Waals surface area (Å²) in [5.41, 5.74) is 2.64. The molecule has 21 heavy (non-hydrogen) atoms. The Morgan fingerprint density at radius 3 is 3.00 bits per heavy atom. The normalized spacial score (nSPS) is 19.4. The van der Waals surface area contributed by atoms with E-state index in [2.05, 4.69) is 22.1 Å². The molecule has 1 aliphatic heterocycles. The number of nitrogens with zero attached hydrogens (tertiary/aromatic N) is 3. The molecule has 0 aromatic carbocycles. The average molecular weight is 309 g/mol. The fourth-order valence-corrected chi connectivity index (χ4v) is 2.72. The first-order valence-corrected chi connectivity index (χ1v) is 7.06. The van der Waals surface area contributed by atoms with Crippen LogP contribution in [-0.4, -0.2) is 40.0 Å². The van der Waals surface area contributed by atoms with Gasteiger partial charge in [-0.2, -0.15) is 0 Å². The smallest absolute Gasteiger partial charge is 0.258 e. The highest BCUT2D eigenvalue weighted by Gasteiger charge is 2.16. The fourth-order valence-electron chi connectivity index (χ4n) is 2.72. The van der Waals surface area contributed by atoms with E-state index in [4.69, 9.17) is 0 Å². The quantitative estimate of drug-likeness (QED) is 0.906. The van der Waals surface area contributed by atoms with E-state index in [9.17, 15) is 4.79 Å². The molecule has 3 rings (SSSR count). The molecular weight excluding hydrogens is 288 g/mol. The van der Waals surface area contributed by atoms with Gasteiger partial charge in [-0.05, 0) is 25.5 Å². The van der Waals surface area contributed by atoms with Gasteiger partial charge in [-0.1, -0.05) is 6.07 Å². The molecule has 1 N–H and O–H groups in total. The van der Waals surface area contributed by atoms with Crippen LogP contribution in [-0.2, 0) is 6.54 Å². The predicted molar refractivity (Wildman–Crippen MR) is 86.2 cm³/mol. The number of aryl methyl sites for hydroxylation is 1. The summed E-state index contributed by atoms with van der Waals surface area (Å²) in [5.74, 6) is 0. The van der Waals surface area contributed by atoms with E-state index in [1.807, 2.05) is 25.3 Å². The minimum absolute atomic E-state index is 0. The maximum Gasteiger partial charge on any atom is 0.258 e. The number of nitrogens with one attached hydrogen (secondary N) is 1. The lowest BCUT2D eigenvalue weighted by molar-refractivity contribution is 0.197. The van der Waals surface area contributed by atoms with Crippen LogP contribution >= 0.6 is 12.4 Å². The van der Waals surface area contributed by atoms with Crippen LogP contribution in [0.15, 0.2) is 29.2 Å². The van der Waals surface area contributed by atoms with Crippen molar-refractivity contribution >= 4 is 18.1 Å². The Balaban J connectivity index is 0.00000161. The molecule has 3 heterocycles. The van der Waals surface area contributed by atoms with Gasteiger partial charge in [0, 0.05) is 44.5 Å². The highest BCUT2D eigenvalue weighted by atomic mass is 35.5. The van der Waals surface area contributed by atoms with Crippen molar-refractivity contribution in [1.82, 2.24) is 19.6 Å². The zero-order valence-corrected chi connectivity index (χ0v) is 13.2. The van der Waals surface area contributed by atoms with Gasteiger partial charge in [-0.25, -0.2) is 4.98 Å². The summed E-state index contributed by atoms with van der Waals surface area (Å²) < 4.78 is 1.61. The highest BCUT2D eigenvalue weighted by Crippen LogP contribution is 2.07. The number of halogens is 1. The lowest BCUT2D eigenvalue weighted by Crippen LogP contribution is -2.48. The summed E-state index contributed by atoms with van der Waals surface area (Å²) in [6.07, 6.45) is 1.83. The van der Waals surface area contributed by atoms with Crippen molar-refractivity contribution < 1.29 is 0 Å². The van der Waals surface area contributed by atoms with Gasteiger partial charge in [0.2, 0.25) is 0 Å². The molecule has 1 unspecified atom stereocenters. The van der Waals surface area contributed by atoms with Crippen molar-refractivity contribution in [2.45, 2.75) is 26.4 Å². The molecule has 0 aliphatic carbocycles. The summed E-state index contributed by atoms with van der Waals surface area (Å²) >= 11 is 0. The SMILES string of the molecule is Cc1ccc2nc(CN3CCNC(C)C3)cc(=O)n2c1.Cl. The van der Waals surface area contributed by atoms with Crippen LogP contribution in [0.1, 0.15) is 18.2 Å². The Morgan fingerprint density at radius 1 is 1.43 bits per heavy atom. The average Bonchev–Trinajstić information content (AvgIpc) is 2.40. The van der Waals surface area contributed by atoms with Crippen molar-refractivity contribution in [3.8, 4) is 0 Å². The van der Waals surface area contributed by atoms with E-state index in [0.29, 0.717) is 6.04 Å². The fraction of sp³-hybridized carbons (Fsp3) is 0.467. The summed E-state index contributed by atoms with van der Waals surface area (Å²) in [4.78, 5) is 19.1. The second-order valence-electron chi connectivity index (χ2n) is 5.61. The van der Waals surface area contributed by atoms with Gasteiger partial charge in [0.1, 0.15) is 5.65 Å². The summed E-state index contributed by atoms with van der Waals surface area (Å²) in [5, 5.41) is 3.42. The topological polar surface area (TPSA) is 49.6 Å².